The third kappa shape index (κ3) is 4.02. The second kappa shape index (κ2) is 7.33. The number of nitrogens with zero attached hydrogens (tertiary/aromatic N) is 4. The van der Waals surface area contributed by atoms with Crippen LogP contribution >= 0.6 is 11.6 Å². The lowest BCUT2D eigenvalue weighted by Crippen LogP contribution is -2.32. The molecule has 0 aliphatic carbocycles. The first kappa shape index (κ1) is 16.4. The first-order valence-electron chi connectivity index (χ1n) is 6.94. The van der Waals surface area contributed by atoms with Crippen molar-refractivity contribution in [3.8, 4) is 0 Å². The Bertz CT molecular complexity index is 644. The molecule has 2 N–H and O–H groups in total. The van der Waals surface area contributed by atoms with E-state index in [2.05, 4.69) is 20.8 Å². The van der Waals surface area contributed by atoms with Crippen molar-refractivity contribution in [3.05, 3.63) is 40.7 Å². The van der Waals surface area contributed by atoms with Gasteiger partial charge >= 0.3 is 0 Å². The Balaban J connectivity index is 1.90. The molecule has 8 heteroatoms. The minimum absolute atomic E-state index is 0.00968. The Kier molecular flexibility index (Phi) is 5.46. The van der Waals surface area contributed by atoms with Crippen molar-refractivity contribution < 1.29 is 9.90 Å². The Morgan fingerprint density at radius 2 is 2.14 bits per heavy atom. The van der Waals surface area contributed by atoms with Gasteiger partial charge in [0.2, 0.25) is 5.91 Å². The SMILES string of the molecule is CC(C)c1nnnn1CC(=O)NCC(O)c1ccccc1Cl. The van der Waals surface area contributed by atoms with E-state index in [9.17, 15) is 9.90 Å². The summed E-state index contributed by atoms with van der Waals surface area (Å²) >= 11 is 6.00. The number of nitrogens with one attached hydrogen (secondary N) is 1. The Morgan fingerprint density at radius 1 is 1.41 bits per heavy atom. The third-order valence-electron chi connectivity index (χ3n) is 3.13. The van der Waals surface area contributed by atoms with E-state index in [1.165, 1.54) is 4.68 Å². The standard InChI is InChI=1S/C14H18ClN5O2/c1-9(2)14-17-18-19-20(14)8-13(22)16-7-12(21)10-5-3-4-6-11(10)15/h3-6,9,12,21H,7-8H2,1-2H3,(H,16,22). The van der Waals surface area contributed by atoms with Gasteiger partial charge in [0.05, 0.1) is 6.10 Å². The smallest absolute Gasteiger partial charge is 0.241 e. The highest BCUT2D eigenvalue weighted by Crippen LogP contribution is 2.21. The summed E-state index contributed by atoms with van der Waals surface area (Å²) in [7, 11) is 0. The molecule has 22 heavy (non-hydrogen) atoms. The van der Waals surface area contributed by atoms with Crippen LogP contribution in [-0.2, 0) is 11.3 Å². The molecule has 118 valence electrons. The van der Waals surface area contributed by atoms with E-state index >= 15 is 0 Å². The van der Waals surface area contributed by atoms with E-state index in [-0.39, 0.29) is 24.9 Å². The normalized spacial score (nSPS) is 12.4. The number of rotatable bonds is 6. The van der Waals surface area contributed by atoms with Gasteiger partial charge in [-0.15, -0.1) is 5.10 Å². The maximum Gasteiger partial charge on any atom is 0.241 e. The van der Waals surface area contributed by atoms with Crippen LogP contribution < -0.4 is 5.32 Å². The van der Waals surface area contributed by atoms with E-state index in [0.29, 0.717) is 16.4 Å². The van der Waals surface area contributed by atoms with Crippen LogP contribution in [0.3, 0.4) is 0 Å². The van der Waals surface area contributed by atoms with E-state index in [0.717, 1.165) is 0 Å². The number of aromatic nitrogens is 4. The van der Waals surface area contributed by atoms with Gasteiger partial charge in [0, 0.05) is 23.0 Å². The molecule has 7 nitrogen and oxygen atoms in total. The lowest BCUT2D eigenvalue weighted by atomic mass is 10.1. The minimum Gasteiger partial charge on any atom is -0.387 e. The predicted octanol–water partition coefficient (Wildman–Crippen LogP) is 1.30. The van der Waals surface area contributed by atoms with Crippen molar-refractivity contribution in [1.82, 2.24) is 25.5 Å². The molecule has 0 radical (unpaired) electrons. The maximum absolute atomic E-state index is 11.9. The summed E-state index contributed by atoms with van der Waals surface area (Å²) in [5, 5.41) is 24.4. The largest absolute Gasteiger partial charge is 0.387 e. The summed E-state index contributed by atoms with van der Waals surface area (Å²) < 4.78 is 1.45. The first-order chi connectivity index (χ1) is 10.5. The fourth-order valence-electron chi connectivity index (χ4n) is 2.00. The Hall–Kier alpha value is -1.99. The topological polar surface area (TPSA) is 92.9 Å². The van der Waals surface area contributed by atoms with Gasteiger partial charge in [0.1, 0.15) is 6.54 Å². The van der Waals surface area contributed by atoms with Crippen molar-refractivity contribution in [2.24, 2.45) is 0 Å². The second-order valence-electron chi connectivity index (χ2n) is 5.19. The number of hydrogen-bond donors (Lipinski definition) is 2. The molecule has 2 aromatic rings. The molecule has 0 aliphatic rings. The van der Waals surface area contributed by atoms with Gasteiger partial charge in [0.15, 0.2) is 5.82 Å². The number of benzene rings is 1. The zero-order valence-electron chi connectivity index (χ0n) is 12.4. The lowest BCUT2D eigenvalue weighted by Gasteiger charge is -2.14. The van der Waals surface area contributed by atoms with Gasteiger partial charge < -0.3 is 10.4 Å². The summed E-state index contributed by atoms with van der Waals surface area (Å²) in [6.07, 6.45) is -0.865. The quantitative estimate of drug-likeness (QED) is 0.836. The molecule has 0 saturated carbocycles. The molecular weight excluding hydrogens is 306 g/mol. The van der Waals surface area contributed by atoms with Crippen LogP contribution in [0, 0.1) is 0 Å². The Labute approximate surface area is 133 Å². The fourth-order valence-corrected chi connectivity index (χ4v) is 2.26. The Morgan fingerprint density at radius 3 is 2.82 bits per heavy atom. The van der Waals surface area contributed by atoms with Crippen molar-refractivity contribution >= 4 is 17.5 Å². The van der Waals surface area contributed by atoms with E-state index < -0.39 is 6.10 Å². The van der Waals surface area contributed by atoms with Gasteiger partial charge in [-0.05, 0) is 16.5 Å². The molecule has 1 unspecified atom stereocenters. The van der Waals surface area contributed by atoms with Crippen LogP contribution in [0.25, 0.3) is 0 Å². The van der Waals surface area contributed by atoms with Crippen LogP contribution in [0.2, 0.25) is 5.02 Å². The van der Waals surface area contributed by atoms with Gasteiger partial charge in [-0.1, -0.05) is 43.6 Å². The van der Waals surface area contributed by atoms with Gasteiger partial charge in [-0.25, -0.2) is 4.68 Å². The number of carbonyl (C=O) groups excluding carboxylic acids is 1. The molecule has 1 aromatic heterocycles. The molecule has 2 rings (SSSR count). The highest BCUT2D eigenvalue weighted by molar-refractivity contribution is 6.31. The zero-order valence-corrected chi connectivity index (χ0v) is 13.2. The molecule has 1 atom stereocenters. The van der Waals surface area contributed by atoms with Gasteiger partial charge in [0.25, 0.3) is 0 Å². The molecule has 0 spiro atoms. The predicted molar refractivity (Wildman–Crippen MR) is 81.3 cm³/mol. The number of halogens is 1. The lowest BCUT2D eigenvalue weighted by molar-refractivity contribution is -0.122. The monoisotopic (exact) mass is 323 g/mol. The zero-order chi connectivity index (χ0) is 16.1. The van der Waals surface area contributed by atoms with Gasteiger partial charge in [-0.3, -0.25) is 4.79 Å². The summed E-state index contributed by atoms with van der Waals surface area (Å²) in [4.78, 5) is 11.9. The molecule has 0 bridgehead atoms. The fraction of sp³-hybridized carbons (Fsp3) is 0.429. The third-order valence-corrected chi connectivity index (χ3v) is 3.47. The van der Waals surface area contributed by atoms with Crippen LogP contribution in [-0.4, -0.2) is 37.8 Å². The van der Waals surface area contributed by atoms with Crippen molar-refractivity contribution in [2.75, 3.05) is 6.54 Å². The van der Waals surface area contributed by atoms with E-state index in [1.54, 1.807) is 24.3 Å². The van der Waals surface area contributed by atoms with E-state index in [4.69, 9.17) is 11.6 Å². The molecule has 0 fully saturated rings. The number of hydrogen-bond acceptors (Lipinski definition) is 5. The highest BCUT2D eigenvalue weighted by Gasteiger charge is 2.15. The second-order valence-corrected chi connectivity index (χ2v) is 5.60. The van der Waals surface area contributed by atoms with E-state index in [1.807, 2.05) is 13.8 Å². The van der Waals surface area contributed by atoms with Crippen LogP contribution in [0.4, 0.5) is 0 Å². The number of tetrazole rings is 1. The molecule has 1 aromatic carbocycles. The number of aliphatic hydroxyl groups is 1. The first-order valence-corrected chi connectivity index (χ1v) is 7.32. The molecule has 1 heterocycles. The highest BCUT2D eigenvalue weighted by atomic mass is 35.5. The van der Waals surface area contributed by atoms with Crippen LogP contribution in [0.1, 0.15) is 37.3 Å². The van der Waals surface area contributed by atoms with Gasteiger partial charge in [-0.2, -0.15) is 0 Å². The summed E-state index contributed by atoms with van der Waals surface area (Å²) in [5.74, 6) is 0.485. The molecular formula is C14H18ClN5O2. The number of aliphatic hydroxyl groups excluding tert-OH is 1. The van der Waals surface area contributed by atoms with Crippen molar-refractivity contribution in [3.63, 3.8) is 0 Å². The van der Waals surface area contributed by atoms with Crippen molar-refractivity contribution in [1.29, 1.82) is 0 Å². The van der Waals surface area contributed by atoms with Crippen LogP contribution in [0.15, 0.2) is 24.3 Å². The summed E-state index contributed by atoms with van der Waals surface area (Å²) in [5.41, 5.74) is 0.578. The maximum atomic E-state index is 11.9. The summed E-state index contributed by atoms with van der Waals surface area (Å²) in [6.45, 7) is 3.97. The average Bonchev–Trinajstić information content (AvgIpc) is 2.93. The summed E-state index contributed by atoms with van der Waals surface area (Å²) in [6, 6.07) is 6.97. The molecule has 0 saturated heterocycles. The number of amides is 1. The molecule has 1 amide bonds. The van der Waals surface area contributed by atoms with Crippen LogP contribution in [0.5, 0.6) is 0 Å². The minimum atomic E-state index is -0.865. The average molecular weight is 324 g/mol. The number of carbonyl (C=O) groups is 1. The van der Waals surface area contributed by atoms with Crippen molar-refractivity contribution in [2.45, 2.75) is 32.4 Å². The molecule has 0 aliphatic heterocycles.